The molecule has 0 amide bonds. The number of ether oxygens (including phenoxy) is 2. The highest BCUT2D eigenvalue weighted by molar-refractivity contribution is 5.72. The molecule has 48 heavy (non-hydrogen) atoms. The number of hydrogen-bond acceptors (Lipinski definition) is 7. The highest BCUT2D eigenvalue weighted by atomic mass is 16.7. The third-order valence-corrected chi connectivity index (χ3v) is 8.81. The van der Waals surface area contributed by atoms with Crippen molar-refractivity contribution in [1.29, 1.82) is 0 Å². The maximum atomic E-state index is 11.2. The Morgan fingerprint density at radius 1 is 0.625 bits per heavy atom. The Hall–Kier alpha value is -3.81. The second-order valence-corrected chi connectivity index (χ2v) is 13.2. The number of phenolic OH excluding ortho intramolecular Hbond substituents is 1. The zero-order valence-electron chi connectivity index (χ0n) is 29.9. The first-order chi connectivity index (χ1) is 23.2. The van der Waals surface area contributed by atoms with Crippen molar-refractivity contribution in [2.75, 3.05) is 6.61 Å². The number of aryl methyl sites for hydroxylation is 4. The van der Waals surface area contributed by atoms with E-state index in [0.29, 0.717) is 35.2 Å². The van der Waals surface area contributed by atoms with Crippen LogP contribution in [0.4, 0.5) is 0 Å². The molecule has 0 fully saturated rings. The number of aromatic nitrogens is 3. The molecule has 1 heterocycles. The second-order valence-electron chi connectivity index (χ2n) is 13.2. The maximum Gasteiger partial charge on any atom is 0.199 e. The molecule has 0 spiro atoms. The first-order valence-electron chi connectivity index (χ1n) is 17.9. The number of rotatable bonds is 19. The number of nitrogens with zero attached hydrogens (tertiary/aromatic N) is 3. The van der Waals surface area contributed by atoms with Crippen molar-refractivity contribution < 1.29 is 19.7 Å². The molecule has 7 heteroatoms. The van der Waals surface area contributed by atoms with Crippen LogP contribution in [0.15, 0.2) is 54.6 Å². The number of benzene rings is 3. The molecule has 2 unspecified atom stereocenters. The van der Waals surface area contributed by atoms with Gasteiger partial charge in [-0.05, 0) is 57.4 Å². The van der Waals surface area contributed by atoms with Gasteiger partial charge in [-0.1, -0.05) is 119 Å². The summed E-state index contributed by atoms with van der Waals surface area (Å²) in [4.78, 5) is 14.6. The van der Waals surface area contributed by atoms with E-state index in [1.165, 1.54) is 44.9 Å². The molecule has 7 nitrogen and oxygen atoms in total. The van der Waals surface area contributed by atoms with Gasteiger partial charge in [0.1, 0.15) is 11.5 Å². The molecule has 0 radical (unpaired) electrons. The number of phenols is 1. The maximum absolute atomic E-state index is 11.2. The van der Waals surface area contributed by atoms with Crippen LogP contribution < -0.4 is 4.74 Å². The molecule has 258 valence electrons. The molecule has 2 N–H and O–H groups in total. The van der Waals surface area contributed by atoms with Gasteiger partial charge in [-0.15, -0.1) is 0 Å². The lowest BCUT2D eigenvalue weighted by atomic mass is 10.0. The molecule has 0 aliphatic rings. The summed E-state index contributed by atoms with van der Waals surface area (Å²) in [5.41, 5.74) is 6.76. The van der Waals surface area contributed by atoms with Crippen LogP contribution >= 0.6 is 0 Å². The van der Waals surface area contributed by atoms with Crippen molar-refractivity contribution in [3.8, 4) is 45.7 Å². The zero-order chi connectivity index (χ0) is 34.5. The molecule has 0 bridgehead atoms. The number of unbranched alkanes of at least 4 members (excludes halogenated alkanes) is 8. The summed E-state index contributed by atoms with van der Waals surface area (Å²) in [5.74, 6) is 1.94. The van der Waals surface area contributed by atoms with Gasteiger partial charge in [0.05, 0.1) is 18.3 Å². The fraction of sp³-hybridized carbons (Fsp3) is 0.488. The highest BCUT2D eigenvalue weighted by Crippen LogP contribution is 2.34. The molecule has 4 rings (SSSR count). The number of hydrogen-bond donors (Lipinski definition) is 2. The molecule has 0 aliphatic carbocycles. The molecule has 0 saturated carbocycles. The number of aliphatic hydroxyl groups excluding tert-OH is 1. The van der Waals surface area contributed by atoms with Gasteiger partial charge in [-0.3, -0.25) is 0 Å². The van der Waals surface area contributed by atoms with Gasteiger partial charge >= 0.3 is 0 Å². The summed E-state index contributed by atoms with van der Waals surface area (Å²) in [6.45, 7) is 12.7. The predicted molar refractivity (Wildman–Crippen MR) is 195 cm³/mol. The Kier molecular flexibility index (Phi) is 14.4. The molecule has 3 aromatic carbocycles. The van der Waals surface area contributed by atoms with Crippen molar-refractivity contribution in [3.63, 3.8) is 0 Å². The predicted octanol–water partition coefficient (Wildman–Crippen LogP) is 10.2. The molecule has 1 aromatic heterocycles. The van der Waals surface area contributed by atoms with E-state index >= 15 is 0 Å². The average Bonchev–Trinajstić information content (AvgIpc) is 3.05. The number of aromatic hydroxyl groups is 1. The van der Waals surface area contributed by atoms with Gasteiger partial charge in [-0.2, -0.15) is 0 Å². The van der Waals surface area contributed by atoms with Crippen LogP contribution in [0.2, 0.25) is 0 Å². The minimum Gasteiger partial charge on any atom is -0.507 e. The van der Waals surface area contributed by atoms with E-state index in [4.69, 9.17) is 24.4 Å². The van der Waals surface area contributed by atoms with Crippen LogP contribution in [0.5, 0.6) is 11.5 Å². The molecule has 2 atom stereocenters. The lowest BCUT2D eigenvalue weighted by molar-refractivity contribution is -0.107. The Balaban J connectivity index is 1.43. The largest absolute Gasteiger partial charge is 0.507 e. The Labute approximate surface area is 287 Å². The zero-order valence-corrected chi connectivity index (χ0v) is 29.9. The van der Waals surface area contributed by atoms with Crippen LogP contribution in [-0.2, 0) is 4.74 Å². The summed E-state index contributed by atoms with van der Waals surface area (Å²) in [5, 5.41) is 21.7. The Bertz CT molecular complexity index is 1540. The van der Waals surface area contributed by atoms with E-state index in [2.05, 4.69) is 58.9 Å². The minimum atomic E-state index is -0.544. The van der Waals surface area contributed by atoms with Crippen LogP contribution in [0, 0.1) is 27.7 Å². The van der Waals surface area contributed by atoms with Crippen LogP contribution in [-0.4, -0.2) is 44.2 Å². The standard InChI is InChI=1S/C41H55N3O4/c1-7-9-10-11-12-13-14-15-16-17-32(45)27-47-38(8-2)48-33-20-23-36(37(46)26-33)41-43-39(34-21-18-28(3)24-30(34)5)42-40(44-41)35-22-19-29(4)25-31(35)6/h18-26,32,38,45-46H,7-17,27H2,1-6H3. The molecule has 0 saturated heterocycles. The summed E-state index contributed by atoms with van der Waals surface area (Å²) in [6.07, 6.45) is 11.5. The third-order valence-electron chi connectivity index (χ3n) is 8.81. The minimum absolute atomic E-state index is 0.00268. The van der Waals surface area contributed by atoms with Gasteiger partial charge in [0, 0.05) is 23.6 Å². The smallest absolute Gasteiger partial charge is 0.199 e. The lowest BCUT2D eigenvalue weighted by Gasteiger charge is -2.20. The van der Waals surface area contributed by atoms with Crippen LogP contribution in [0.3, 0.4) is 0 Å². The molecule has 4 aromatic rings. The van der Waals surface area contributed by atoms with Crippen LogP contribution in [0.1, 0.15) is 107 Å². The quantitative estimate of drug-likeness (QED) is 0.0768. The fourth-order valence-electron chi connectivity index (χ4n) is 6.02. The Morgan fingerprint density at radius 3 is 1.62 bits per heavy atom. The van der Waals surface area contributed by atoms with Gasteiger partial charge in [0.15, 0.2) is 23.8 Å². The first-order valence-corrected chi connectivity index (χ1v) is 17.9. The molecular formula is C41H55N3O4. The lowest BCUT2D eigenvalue weighted by Crippen LogP contribution is -2.25. The van der Waals surface area contributed by atoms with E-state index in [1.807, 2.05) is 19.1 Å². The van der Waals surface area contributed by atoms with E-state index < -0.39 is 12.4 Å². The van der Waals surface area contributed by atoms with Crippen molar-refractivity contribution in [3.05, 3.63) is 76.9 Å². The molecule has 0 aliphatic heterocycles. The third kappa shape index (κ3) is 10.9. The molecular weight excluding hydrogens is 598 g/mol. The number of aliphatic hydroxyl groups is 1. The SMILES string of the molecule is CCCCCCCCCCCC(O)COC(CC)Oc1ccc(-c2nc(-c3ccc(C)cc3C)nc(-c3ccc(C)cc3C)n2)c(O)c1. The normalized spacial score (nSPS) is 12.6. The summed E-state index contributed by atoms with van der Waals surface area (Å²) in [7, 11) is 0. The van der Waals surface area contributed by atoms with Crippen molar-refractivity contribution in [2.45, 2.75) is 125 Å². The summed E-state index contributed by atoms with van der Waals surface area (Å²) >= 11 is 0. The first kappa shape index (κ1) is 37.0. The van der Waals surface area contributed by atoms with Crippen molar-refractivity contribution in [1.82, 2.24) is 15.0 Å². The van der Waals surface area contributed by atoms with Gasteiger partial charge < -0.3 is 19.7 Å². The second kappa shape index (κ2) is 18.7. The fourth-order valence-corrected chi connectivity index (χ4v) is 6.02. The topological polar surface area (TPSA) is 97.6 Å². The van der Waals surface area contributed by atoms with E-state index in [9.17, 15) is 10.2 Å². The Morgan fingerprint density at radius 2 is 1.12 bits per heavy atom. The van der Waals surface area contributed by atoms with E-state index in [1.54, 1.807) is 18.2 Å². The monoisotopic (exact) mass is 653 g/mol. The van der Waals surface area contributed by atoms with E-state index in [0.717, 1.165) is 52.6 Å². The van der Waals surface area contributed by atoms with Gasteiger partial charge in [0.2, 0.25) is 0 Å². The van der Waals surface area contributed by atoms with Crippen LogP contribution in [0.25, 0.3) is 34.2 Å². The van der Waals surface area contributed by atoms with Crippen molar-refractivity contribution >= 4 is 0 Å². The van der Waals surface area contributed by atoms with E-state index in [-0.39, 0.29) is 12.4 Å². The van der Waals surface area contributed by atoms with Gasteiger partial charge in [-0.25, -0.2) is 15.0 Å². The highest BCUT2D eigenvalue weighted by Gasteiger charge is 2.19. The average molecular weight is 654 g/mol. The summed E-state index contributed by atoms with van der Waals surface area (Å²) < 4.78 is 12.0. The summed E-state index contributed by atoms with van der Waals surface area (Å²) in [6, 6.07) is 17.5. The van der Waals surface area contributed by atoms with Gasteiger partial charge in [0.25, 0.3) is 0 Å². The van der Waals surface area contributed by atoms with Crippen molar-refractivity contribution in [2.24, 2.45) is 0 Å².